The molecule has 0 spiro atoms. The molecular weight excluding hydrogens is 336 g/mol. The SMILES string of the molecule is O=c1[nH]c2ccc(C3=NN=C(NCCc4ccccn4)SC3)cc2[nH]1. The van der Waals surface area contributed by atoms with Crippen LogP contribution in [0.2, 0.25) is 0 Å². The van der Waals surface area contributed by atoms with Gasteiger partial charge < -0.3 is 15.3 Å². The van der Waals surface area contributed by atoms with Gasteiger partial charge in [-0.15, -0.1) is 5.10 Å². The molecule has 1 aromatic carbocycles. The molecule has 3 heterocycles. The Morgan fingerprint density at radius 2 is 2.04 bits per heavy atom. The molecule has 0 fully saturated rings. The Morgan fingerprint density at radius 1 is 1.12 bits per heavy atom. The van der Waals surface area contributed by atoms with Crippen molar-refractivity contribution >= 4 is 33.7 Å². The van der Waals surface area contributed by atoms with Crippen LogP contribution < -0.4 is 11.0 Å². The number of hydrogen-bond donors (Lipinski definition) is 3. The van der Waals surface area contributed by atoms with Crippen LogP contribution in [0, 0.1) is 0 Å². The van der Waals surface area contributed by atoms with Gasteiger partial charge in [0.1, 0.15) is 0 Å². The number of rotatable bonds is 4. The maximum Gasteiger partial charge on any atom is 0.323 e. The second-order valence-electron chi connectivity index (χ2n) is 5.58. The first kappa shape index (κ1) is 15.6. The van der Waals surface area contributed by atoms with Gasteiger partial charge in [0.05, 0.1) is 16.7 Å². The number of thioether (sulfide) groups is 1. The molecule has 1 aliphatic rings. The van der Waals surface area contributed by atoms with E-state index in [4.69, 9.17) is 0 Å². The van der Waals surface area contributed by atoms with Gasteiger partial charge in [0, 0.05) is 36.2 Å². The topological polar surface area (TPSA) is 98.3 Å². The highest BCUT2D eigenvalue weighted by molar-refractivity contribution is 8.14. The summed E-state index contributed by atoms with van der Waals surface area (Å²) in [4.78, 5) is 21.1. The number of benzene rings is 1. The summed E-state index contributed by atoms with van der Waals surface area (Å²) < 4.78 is 0. The Hall–Kier alpha value is -2.87. The molecule has 0 radical (unpaired) electrons. The van der Waals surface area contributed by atoms with Crippen LogP contribution in [0.4, 0.5) is 0 Å². The van der Waals surface area contributed by atoms with Crippen LogP contribution in [0.1, 0.15) is 11.3 Å². The van der Waals surface area contributed by atoms with Crippen LogP contribution in [0.15, 0.2) is 57.6 Å². The molecule has 0 atom stereocenters. The standard InChI is InChI=1S/C17H16N6OS/c24-16-20-13-5-4-11(9-14(13)21-16)15-10-25-17(23-22-15)19-8-6-12-3-1-2-7-18-12/h1-5,7,9H,6,8,10H2,(H,19,23)(H2,20,21,24). The van der Waals surface area contributed by atoms with E-state index >= 15 is 0 Å². The number of hydrogen-bond acceptors (Lipinski definition) is 6. The normalized spacial score (nSPS) is 14.2. The minimum absolute atomic E-state index is 0.204. The van der Waals surface area contributed by atoms with Gasteiger partial charge in [-0.3, -0.25) is 4.98 Å². The minimum Gasteiger partial charge on any atom is -0.363 e. The number of amidine groups is 1. The lowest BCUT2D eigenvalue weighted by Gasteiger charge is -2.13. The molecule has 1 aliphatic heterocycles. The first-order valence-electron chi connectivity index (χ1n) is 7.91. The fourth-order valence-corrected chi connectivity index (χ4v) is 3.38. The molecule has 3 N–H and O–H groups in total. The minimum atomic E-state index is -0.204. The Morgan fingerprint density at radius 3 is 2.84 bits per heavy atom. The zero-order chi connectivity index (χ0) is 17.1. The smallest absolute Gasteiger partial charge is 0.323 e. The molecule has 2 aromatic heterocycles. The maximum atomic E-state index is 11.3. The second-order valence-corrected chi connectivity index (χ2v) is 6.54. The quantitative estimate of drug-likeness (QED) is 0.668. The van der Waals surface area contributed by atoms with Crippen molar-refractivity contribution in [3.63, 3.8) is 0 Å². The monoisotopic (exact) mass is 352 g/mol. The van der Waals surface area contributed by atoms with Crippen molar-refractivity contribution in [2.45, 2.75) is 6.42 Å². The molecule has 8 heteroatoms. The molecule has 25 heavy (non-hydrogen) atoms. The molecule has 0 bridgehead atoms. The van der Waals surface area contributed by atoms with E-state index in [0.29, 0.717) is 0 Å². The van der Waals surface area contributed by atoms with E-state index in [2.05, 4.69) is 30.5 Å². The third-order valence-electron chi connectivity index (χ3n) is 3.84. The number of nitrogens with one attached hydrogen (secondary N) is 3. The van der Waals surface area contributed by atoms with E-state index in [9.17, 15) is 4.79 Å². The molecule has 126 valence electrons. The zero-order valence-corrected chi connectivity index (χ0v) is 14.1. The van der Waals surface area contributed by atoms with Gasteiger partial charge in [0.25, 0.3) is 0 Å². The first-order valence-corrected chi connectivity index (χ1v) is 8.90. The lowest BCUT2D eigenvalue weighted by molar-refractivity contribution is 0.845. The van der Waals surface area contributed by atoms with Crippen LogP contribution in [0.3, 0.4) is 0 Å². The highest BCUT2D eigenvalue weighted by atomic mass is 32.2. The Kier molecular flexibility index (Phi) is 4.34. The summed E-state index contributed by atoms with van der Waals surface area (Å²) in [6, 6.07) is 11.6. The fourth-order valence-electron chi connectivity index (χ4n) is 2.58. The lowest BCUT2D eigenvalue weighted by atomic mass is 10.1. The van der Waals surface area contributed by atoms with Crippen LogP contribution in [-0.2, 0) is 6.42 Å². The third-order valence-corrected chi connectivity index (χ3v) is 4.76. The summed E-state index contributed by atoms with van der Waals surface area (Å²) in [5.41, 5.74) is 4.27. The van der Waals surface area contributed by atoms with Gasteiger partial charge in [-0.2, -0.15) is 5.10 Å². The van der Waals surface area contributed by atoms with E-state index < -0.39 is 0 Å². The summed E-state index contributed by atoms with van der Waals surface area (Å²) in [5.74, 6) is 0.732. The van der Waals surface area contributed by atoms with E-state index in [1.165, 1.54) is 0 Å². The number of imidazole rings is 1. The van der Waals surface area contributed by atoms with Crippen LogP contribution in [-0.4, -0.2) is 38.1 Å². The van der Waals surface area contributed by atoms with Crippen molar-refractivity contribution in [3.05, 3.63) is 64.3 Å². The van der Waals surface area contributed by atoms with Crippen LogP contribution >= 0.6 is 11.8 Å². The van der Waals surface area contributed by atoms with Crippen molar-refractivity contribution in [1.29, 1.82) is 0 Å². The van der Waals surface area contributed by atoms with Crippen molar-refractivity contribution in [1.82, 2.24) is 20.3 Å². The molecule has 3 aromatic rings. The number of pyridine rings is 1. The molecule has 0 unspecified atom stereocenters. The number of H-pyrrole nitrogens is 2. The van der Waals surface area contributed by atoms with E-state index in [1.54, 1.807) is 18.0 Å². The number of fused-ring (bicyclic) bond motifs is 1. The average Bonchev–Trinajstić information content (AvgIpc) is 3.02. The summed E-state index contributed by atoms with van der Waals surface area (Å²) in [5, 5.41) is 12.7. The zero-order valence-electron chi connectivity index (χ0n) is 13.3. The number of aromatic nitrogens is 3. The fraction of sp³-hybridized carbons (Fsp3) is 0.176. The Labute approximate surface area is 147 Å². The van der Waals surface area contributed by atoms with Gasteiger partial charge in [0.15, 0.2) is 5.17 Å². The molecule has 0 amide bonds. The van der Waals surface area contributed by atoms with E-state index in [0.717, 1.165) is 51.9 Å². The Bertz CT molecular complexity index is 1000. The van der Waals surface area contributed by atoms with E-state index in [1.807, 2.05) is 36.4 Å². The number of nitrogens with zero attached hydrogens (tertiary/aromatic N) is 3. The lowest BCUT2D eigenvalue weighted by Crippen LogP contribution is -2.26. The van der Waals surface area contributed by atoms with Crippen LogP contribution in [0.25, 0.3) is 11.0 Å². The van der Waals surface area contributed by atoms with Crippen molar-refractivity contribution in [3.8, 4) is 0 Å². The highest BCUT2D eigenvalue weighted by Crippen LogP contribution is 2.17. The summed E-state index contributed by atoms with van der Waals surface area (Å²) in [6.07, 6.45) is 2.64. The van der Waals surface area contributed by atoms with Gasteiger partial charge >= 0.3 is 5.69 Å². The molecule has 0 saturated heterocycles. The largest absolute Gasteiger partial charge is 0.363 e. The predicted octanol–water partition coefficient (Wildman–Crippen LogP) is 1.89. The third kappa shape index (κ3) is 3.63. The van der Waals surface area contributed by atoms with Crippen molar-refractivity contribution < 1.29 is 0 Å². The van der Waals surface area contributed by atoms with Gasteiger partial charge in [0.2, 0.25) is 0 Å². The molecule has 4 rings (SSSR count). The summed E-state index contributed by atoms with van der Waals surface area (Å²) >= 11 is 1.62. The molecule has 0 aliphatic carbocycles. The van der Waals surface area contributed by atoms with Crippen molar-refractivity contribution in [2.75, 3.05) is 12.3 Å². The maximum absolute atomic E-state index is 11.3. The summed E-state index contributed by atoms with van der Waals surface area (Å²) in [7, 11) is 0. The molecule has 0 saturated carbocycles. The van der Waals surface area contributed by atoms with Gasteiger partial charge in [-0.25, -0.2) is 4.79 Å². The van der Waals surface area contributed by atoms with Crippen LogP contribution in [0.5, 0.6) is 0 Å². The average molecular weight is 352 g/mol. The Balaban J connectivity index is 1.41. The highest BCUT2D eigenvalue weighted by Gasteiger charge is 2.13. The molecule has 7 nitrogen and oxygen atoms in total. The molecular formula is C17H16N6OS. The first-order chi connectivity index (χ1) is 12.3. The van der Waals surface area contributed by atoms with Gasteiger partial charge in [-0.05, 0) is 24.3 Å². The van der Waals surface area contributed by atoms with Crippen molar-refractivity contribution in [2.24, 2.45) is 10.2 Å². The second kappa shape index (κ2) is 6.94. The predicted molar refractivity (Wildman–Crippen MR) is 101 cm³/mol. The number of aromatic amines is 2. The summed E-state index contributed by atoms with van der Waals surface area (Å²) in [6.45, 7) is 0.768. The van der Waals surface area contributed by atoms with E-state index in [-0.39, 0.29) is 5.69 Å². The van der Waals surface area contributed by atoms with Gasteiger partial charge in [-0.1, -0.05) is 23.9 Å².